The Hall–Kier alpha value is -3.28. The molecule has 112 valence electrons. The number of fused-ring (bicyclic) bond motifs is 1. The third-order valence-electron chi connectivity index (χ3n) is 3.54. The lowest BCUT2D eigenvalue weighted by Gasteiger charge is -2.08. The van der Waals surface area contributed by atoms with Crippen LogP contribution in [0.4, 0.5) is 0 Å². The maximum atomic E-state index is 12.2. The van der Waals surface area contributed by atoms with Gasteiger partial charge in [0.15, 0.2) is 11.5 Å². The molecule has 0 aliphatic rings. The van der Waals surface area contributed by atoms with E-state index >= 15 is 0 Å². The van der Waals surface area contributed by atoms with Crippen LogP contribution in [-0.4, -0.2) is 24.6 Å². The number of rotatable bonds is 2. The number of pyridine rings is 1. The lowest BCUT2D eigenvalue weighted by Crippen LogP contribution is -2.07. The molecular formula is C17H12N5O-. The molecule has 0 saturated heterocycles. The standard InChI is InChI=1S/C17H13N5O/c1-11-5-7-12(8-6-11)14-10-15-19-16(13-4-2-3-9-18-13)20-17(23)22(15)21-14/h2-10H,1H3,(H,19,20,23)/p-1. The van der Waals surface area contributed by atoms with Gasteiger partial charge < -0.3 is 5.11 Å². The molecule has 0 N–H and O–H groups in total. The fourth-order valence-corrected chi connectivity index (χ4v) is 2.34. The largest absolute Gasteiger partial charge is 0.844 e. The van der Waals surface area contributed by atoms with Crippen LogP contribution in [0, 0.1) is 6.92 Å². The molecule has 0 amide bonds. The predicted octanol–water partition coefficient (Wildman–Crippen LogP) is 2.24. The van der Waals surface area contributed by atoms with Gasteiger partial charge in [-0.3, -0.25) is 4.98 Å². The van der Waals surface area contributed by atoms with Crippen LogP contribution in [0.2, 0.25) is 0 Å². The number of nitrogens with zero attached hydrogens (tertiary/aromatic N) is 5. The first-order valence-corrected chi connectivity index (χ1v) is 7.14. The van der Waals surface area contributed by atoms with Gasteiger partial charge in [0.2, 0.25) is 0 Å². The van der Waals surface area contributed by atoms with Crippen molar-refractivity contribution in [2.75, 3.05) is 0 Å². The molecule has 0 atom stereocenters. The minimum absolute atomic E-state index is 0.304. The summed E-state index contributed by atoms with van der Waals surface area (Å²) in [6.45, 7) is 2.02. The summed E-state index contributed by atoms with van der Waals surface area (Å²) in [6, 6.07) is 14.6. The van der Waals surface area contributed by atoms with Gasteiger partial charge in [0.25, 0.3) is 0 Å². The molecule has 0 bridgehead atoms. The summed E-state index contributed by atoms with van der Waals surface area (Å²) in [4.78, 5) is 12.5. The lowest BCUT2D eigenvalue weighted by molar-refractivity contribution is -0.284. The zero-order valence-corrected chi connectivity index (χ0v) is 12.3. The molecule has 4 aromatic rings. The second-order valence-electron chi connectivity index (χ2n) is 5.21. The monoisotopic (exact) mass is 302 g/mol. The highest BCUT2D eigenvalue weighted by Gasteiger charge is 2.10. The second-order valence-corrected chi connectivity index (χ2v) is 5.21. The normalized spacial score (nSPS) is 11.0. The van der Waals surface area contributed by atoms with Crippen molar-refractivity contribution in [2.45, 2.75) is 6.92 Å². The quantitative estimate of drug-likeness (QED) is 0.567. The summed E-state index contributed by atoms with van der Waals surface area (Å²) >= 11 is 0. The van der Waals surface area contributed by atoms with Crippen molar-refractivity contribution in [2.24, 2.45) is 0 Å². The maximum Gasteiger partial charge on any atom is 0.181 e. The molecule has 0 fully saturated rings. The van der Waals surface area contributed by atoms with E-state index in [1.807, 2.05) is 37.3 Å². The summed E-state index contributed by atoms with van der Waals surface area (Å²) < 4.78 is 1.21. The molecule has 6 nitrogen and oxygen atoms in total. The van der Waals surface area contributed by atoms with Crippen LogP contribution in [0.15, 0.2) is 54.7 Å². The highest BCUT2D eigenvalue weighted by molar-refractivity contribution is 5.65. The molecule has 0 spiro atoms. The number of benzene rings is 1. The predicted molar refractivity (Wildman–Crippen MR) is 83.6 cm³/mol. The molecular weight excluding hydrogens is 290 g/mol. The van der Waals surface area contributed by atoms with E-state index in [1.54, 1.807) is 24.4 Å². The lowest BCUT2D eigenvalue weighted by atomic mass is 10.1. The Morgan fingerprint density at radius 3 is 2.52 bits per heavy atom. The van der Waals surface area contributed by atoms with Gasteiger partial charge in [-0.2, -0.15) is 5.10 Å². The van der Waals surface area contributed by atoms with Crippen LogP contribution in [0.1, 0.15) is 5.56 Å². The molecule has 0 aliphatic heterocycles. The molecule has 6 heteroatoms. The molecule has 0 saturated carbocycles. The number of aromatic nitrogens is 5. The van der Waals surface area contributed by atoms with E-state index in [9.17, 15) is 5.11 Å². The Morgan fingerprint density at radius 1 is 0.957 bits per heavy atom. The van der Waals surface area contributed by atoms with Crippen molar-refractivity contribution in [3.8, 4) is 28.8 Å². The van der Waals surface area contributed by atoms with Crippen LogP contribution in [0.25, 0.3) is 28.4 Å². The summed E-state index contributed by atoms with van der Waals surface area (Å²) in [5, 5.41) is 16.5. The molecule has 3 heterocycles. The number of hydrogen-bond acceptors (Lipinski definition) is 5. The van der Waals surface area contributed by atoms with Gasteiger partial charge in [0, 0.05) is 17.8 Å². The first-order valence-electron chi connectivity index (χ1n) is 7.14. The summed E-state index contributed by atoms with van der Waals surface area (Å²) in [5.74, 6) is 0.304. The smallest absolute Gasteiger partial charge is 0.181 e. The van der Waals surface area contributed by atoms with E-state index in [4.69, 9.17) is 0 Å². The van der Waals surface area contributed by atoms with E-state index in [2.05, 4.69) is 20.1 Å². The van der Waals surface area contributed by atoms with E-state index < -0.39 is 6.01 Å². The summed E-state index contributed by atoms with van der Waals surface area (Å²) in [5.41, 5.74) is 3.81. The summed E-state index contributed by atoms with van der Waals surface area (Å²) in [6.07, 6.45) is 1.64. The van der Waals surface area contributed by atoms with E-state index in [-0.39, 0.29) is 0 Å². The van der Waals surface area contributed by atoms with Gasteiger partial charge in [0.1, 0.15) is 5.69 Å². The minimum atomic E-state index is -0.464. The van der Waals surface area contributed by atoms with Crippen LogP contribution in [0.3, 0.4) is 0 Å². The fraction of sp³-hybridized carbons (Fsp3) is 0.0588. The first-order chi connectivity index (χ1) is 11.2. The highest BCUT2D eigenvalue weighted by Crippen LogP contribution is 2.22. The number of aryl methyl sites for hydroxylation is 1. The molecule has 3 aromatic heterocycles. The Labute approximate surface area is 132 Å². The van der Waals surface area contributed by atoms with Crippen molar-refractivity contribution < 1.29 is 5.11 Å². The van der Waals surface area contributed by atoms with Gasteiger partial charge in [0.05, 0.1) is 11.7 Å². The zero-order chi connectivity index (χ0) is 15.8. The Balaban J connectivity index is 1.85. The second kappa shape index (κ2) is 5.17. The van der Waals surface area contributed by atoms with Crippen LogP contribution >= 0.6 is 0 Å². The van der Waals surface area contributed by atoms with E-state index in [0.29, 0.717) is 22.9 Å². The van der Waals surface area contributed by atoms with Crippen molar-refractivity contribution in [1.29, 1.82) is 0 Å². The zero-order valence-electron chi connectivity index (χ0n) is 12.3. The Kier molecular flexibility index (Phi) is 3.01. The third kappa shape index (κ3) is 2.40. The van der Waals surface area contributed by atoms with Gasteiger partial charge >= 0.3 is 0 Å². The topological polar surface area (TPSA) is 79.0 Å². The van der Waals surface area contributed by atoms with E-state index in [0.717, 1.165) is 5.56 Å². The average Bonchev–Trinajstić information content (AvgIpc) is 3.01. The fourth-order valence-electron chi connectivity index (χ4n) is 2.34. The minimum Gasteiger partial charge on any atom is -0.844 e. The molecule has 23 heavy (non-hydrogen) atoms. The van der Waals surface area contributed by atoms with E-state index in [1.165, 1.54) is 10.1 Å². The molecule has 0 aliphatic carbocycles. The molecule has 0 radical (unpaired) electrons. The van der Waals surface area contributed by atoms with Crippen molar-refractivity contribution in [3.05, 3.63) is 60.3 Å². The maximum absolute atomic E-state index is 12.2. The van der Waals surface area contributed by atoms with Crippen LogP contribution < -0.4 is 5.11 Å². The Morgan fingerprint density at radius 2 is 1.78 bits per heavy atom. The van der Waals surface area contributed by atoms with Crippen LogP contribution in [-0.2, 0) is 0 Å². The number of hydrogen-bond donors (Lipinski definition) is 0. The van der Waals surface area contributed by atoms with Crippen molar-refractivity contribution in [3.63, 3.8) is 0 Å². The van der Waals surface area contributed by atoms with Gasteiger partial charge in [-0.25, -0.2) is 14.5 Å². The van der Waals surface area contributed by atoms with Crippen molar-refractivity contribution >= 4 is 5.65 Å². The molecule has 4 rings (SSSR count). The van der Waals surface area contributed by atoms with Gasteiger partial charge in [-0.1, -0.05) is 35.9 Å². The third-order valence-corrected chi connectivity index (χ3v) is 3.54. The summed E-state index contributed by atoms with van der Waals surface area (Å²) in [7, 11) is 0. The van der Waals surface area contributed by atoms with Gasteiger partial charge in [-0.05, 0) is 19.1 Å². The molecule has 0 unspecified atom stereocenters. The highest BCUT2D eigenvalue weighted by atomic mass is 16.3. The van der Waals surface area contributed by atoms with Crippen LogP contribution in [0.5, 0.6) is 6.01 Å². The molecule has 1 aromatic carbocycles. The SMILES string of the molecule is Cc1ccc(-c2cc3nc(-c4ccccn4)nc([O-])n3n2)cc1. The van der Waals surface area contributed by atoms with Gasteiger partial charge in [-0.15, -0.1) is 0 Å². The average molecular weight is 302 g/mol. The van der Waals surface area contributed by atoms with Crippen molar-refractivity contribution in [1.82, 2.24) is 24.6 Å². The Bertz CT molecular complexity index is 977. The first kappa shape index (κ1) is 13.4.